The zero-order chi connectivity index (χ0) is 19.2. The van der Waals surface area contributed by atoms with Crippen LogP contribution in [0.2, 0.25) is 0 Å². The van der Waals surface area contributed by atoms with Gasteiger partial charge in [0.15, 0.2) is 0 Å². The molecule has 1 fully saturated rings. The second-order valence-corrected chi connectivity index (χ2v) is 6.48. The first-order chi connectivity index (χ1) is 13.1. The summed E-state index contributed by atoms with van der Waals surface area (Å²) in [5, 5.41) is 0. The number of ether oxygens (including phenoxy) is 2. The monoisotopic (exact) mass is 371 g/mol. The van der Waals surface area contributed by atoms with E-state index in [1.165, 1.54) is 19.2 Å². The van der Waals surface area contributed by atoms with Gasteiger partial charge in [-0.2, -0.15) is 0 Å². The molecule has 2 aromatic carbocycles. The fourth-order valence-electron chi connectivity index (χ4n) is 3.31. The van der Waals surface area contributed by atoms with Crippen LogP contribution in [0.15, 0.2) is 48.5 Å². The molecule has 0 aromatic heterocycles. The lowest BCUT2D eigenvalue weighted by Crippen LogP contribution is -2.38. The van der Waals surface area contributed by atoms with E-state index in [0.29, 0.717) is 12.1 Å². The molecule has 27 heavy (non-hydrogen) atoms. The molecule has 0 aliphatic carbocycles. The maximum Gasteiger partial charge on any atom is 0.410 e. The third kappa shape index (κ3) is 4.45. The van der Waals surface area contributed by atoms with E-state index >= 15 is 0 Å². The van der Waals surface area contributed by atoms with Crippen molar-refractivity contribution in [3.05, 3.63) is 71.0 Å². The van der Waals surface area contributed by atoms with Gasteiger partial charge in [0.05, 0.1) is 18.7 Å². The van der Waals surface area contributed by atoms with Gasteiger partial charge in [-0.05, 0) is 42.5 Å². The van der Waals surface area contributed by atoms with Crippen LogP contribution in [0.4, 0.5) is 9.18 Å². The van der Waals surface area contributed by atoms with Crippen molar-refractivity contribution in [1.82, 2.24) is 4.90 Å². The Labute approximate surface area is 157 Å². The molecule has 0 bridgehead atoms. The smallest absolute Gasteiger partial charge is 0.410 e. The lowest BCUT2D eigenvalue weighted by atomic mass is 9.94. The maximum absolute atomic E-state index is 14.3. The Morgan fingerprint density at radius 2 is 1.93 bits per heavy atom. The molecule has 1 heterocycles. The Morgan fingerprint density at radius 1 is 1.15 bits per heavy atom. The minimum Gasteiger partial charge on any atom is -0.465 e. The van der Waals surface area contributed by atoms with Gasteiger partial charge in [0, 0.05) is 6.54 Å². The van der Waals surface area contributed by atoms with Crippen LogP contribution >= 0.6 is 0 Å². The second kappa shape index (κ2) is 8.66. The summed E-state index contributed by atoms with van der Waals surface area (Å²) >= 11 is 0. The van der Waals surface area contributed by atoms with Gasteiger partial charge in [-0.3, -0.25) is 0 Å². The van der Waals surface area contributed by atoms with Gasteiger partial charge in [0.1, 0.15) is 12.4 Å². The molecule has 0 radical (unpaired) electrons. The van der Waals surface area contributed by atoms with E-state index in [2.05, 4.69) is 4.74 Å². The first kappa shape index (κ1) is 18.9. The summed E-state index contributed by atoms with van der Waals surface area (Å²) in [6.07, 6.45) is 2.12. The number of likely N-dealkylation sites (tertiary alicyclic amines) is 1. The minimum atomic E-state index is -0.721. The largest absolute Gasteiger partial charge is 0.465 e. The highest BCUT2D eigenvalue weighted by atomic mass is 19.1. The second-order valence-electron chi connectivity index (χ2n) is 6.48. The average Bonchev–Trinajstić information content (AvgIpc) is 2.72. The molecule has 0 unspecified atom stereocenters. The van der Waals surface area contributed by atoms with Crippen molar-refractivity contribution in [3.63, 3.8) is 0 Å². The molecule has 0 saturated carbocycles. The Morgan fingerprint density at radius 3 is 2.63 bits per heavy atom. The standard InChI is InChI=1S/C21H22FNO4/c1-26-20(24)17-11-10-16(13-18(17)22)19-9-5-6-12-23(19)21(25)27-14-15-7-3-2-4-8-15/h2-4,7-8,10-11,13,19H,5-6,9,12,14H2,1H3/t19-/m0/s1. The zero-order valence-corrected chi connectivity index (χ0v) is 15.2. The summed E-state index contributed by atoms with van der Waals surface area (Å²) < 4.78 is 24.3. The molecule has 142 valence electrons. The van der Waals surface area contributed by atoms with Gasteiger partial charge in [-0.1, -0.05) is 36.4 Å². The van der Waals surface area contributed by atoms with Crippen LogP contribution in [0, 0.1) is 5.82 Å². The normalized spacial score (nSPS) is 16.7. The van der Waals surface area contributed by atoms with E-state index in [1.54, 1.807) is 11.0 Å². The van der Waals surface area contributed by atoms with E-state index in [0.717, 1.165) is 24.8 Å². The topological polar surface area (TPSA) is 55.8 Å². The summed E-state index contributed by atoms with van der Waals surface area (Å²) in [5.74, 6) is -1.37. The van der Waals surface area contributed by atoms with E-state index in [1.807, 2.05) is 30.3 Å². The molecular weight excluding hydrogens is 349 g/mol. The highest BCUT2D eigenvalue weighted by Gasteiger charge is 2.30. The van der Waals surface area contributed by atoms with Crippen molar-refractivity contribution in [1.29, 1.82) is 0 Å². The number of halogens is 1. The Kier molecular flexibility index (Phi) is 6.06. The molecule has 1 aliphatic heterocycles. The number of esters is 1. The van der Waals surface area contributed by atoms with Crippen LogP contribution in [0.5, 0.6) is 0 Å². The molecule has 5 nitrogen and oxygen atoms in total. The Balaban J connectivity index is 1.74. The fourth-order valence-corrected chi connectivity index (χ4v) is 3.31. The summed E-state index contributed by atoms with van der Waals surface area (Å²) in [4.78, 5) is 25.8. The number of methoxy groups -OCH3 is 1. The first-order valence-corrected chi connectivity index (χ1v) is 8.95. The third-order valence-electron chi connectivity index (χ3n) is 4.73. The van der Waals surface area contributed by atoms with Crippen molar-refractivity contribution in [2.75, 3.05) is 13.7 Å². The predicted molar refractivity (Wildman–Crippen MR) is 97.7 cm³/mol. The summed E-state index contributed by atoms with van der Waals surface area (Å²) in [6.45, 7) is 0.747. The van der Waals surface area contributed by atoms with Gasteiger partial charge in [0.2, 0.25) is 0 Å². The van der Waals surface area contributed by atoms with Gasteiger partial charge in [-0.15, -0.1) is 0 Å². The van der Waals surface area contributed by atoms with Gasteiger partial charge >= 0.3 is 12.1 Å². The average molecular weight is 371 g/mol. The molecule has 0 N–H and O–H groups in total. The number of carbonyl (C=O) groups excluding carboxylic acids is 2. The van der Waals surface area contributed by atoms with Crippen molar-refractivity contribution >= 4 is 12.1 Å². The molecule has 1 amide bonds. The third-order valence-corrected chi connectivity index (χ3v) is 4.73. The van der Waals surface area contributed by atoms with Crippen molar-refractivity contribution in [2.24, 2.45) is 0 Å². The predicted octanol–water partition coefficient (Wildman–Crippen LogP) is 4.48. The SMILES string of the molecule is COC(=O)c1ccc([C@@H]2CCCCN2C(=O)OCc2ccccc2)cc1F. The van der Waals surface area contributed by atoms with Crippen molar-refractivity contribution in [2.45, 2.75) is 31.9 Å². The van der Waals surface area contributed by atoms with E-state index in [9.17, 15) is 14.0 Å². The van der Waals surface area contributed by atoms with Crippen LogP contribution in [-0.4, -0.2) is 30.6 Å². The van der Waals surface area contributed by atoms with Crippen molar-refractivity contribution in [3.8, 4) is 0 Å². The number of amides is 1. The minimum absolute atomic E-state index is 0.115. The number of rotatable bonds is 4. The maximum atomic E-state index is 14.3. The number of hydrogen-bond donors (Lipinski definition) is 0. The van der Waals surface area contributed by atoms with E-state index < -0.39 is 17.9 Å². The molecule has 0 spiro atoms. The van der Waals surface area contributed by atoms with Gasteiger partial charge in [0.25, 0.3) is 0 Å². The lowest BCUT2D eigenvalue weighted by molar-refractivity contribution is 0.0592. The van der Waals surface area contributed by atoms with Crippen LogP contribution in [0.3, 0.4) is 0 Å². The van der Waals surface area contributed by atoms with Crippen LogP contribution < -0.4 is 0 Å². The van der Waals surface area contributed by atoms with Crippen LogP contribution in [-0.2, 0) is 16.1 Å². The quantitative estimate of drug-likeness (QED) is 0.744. The van der Waals surface area contributed by atoms with Gasteiger partial charge in [-0.25, -0.2) is 14.0 Å². The number of benzene rings is 2. The molecule has 6 heteroatoms. The molecule has 1 atom stereocenters. The van der Waals surface area contributed by atoms with Crippen molar-refractivity contribution < 1.29 is 23.5 Å². The number of piperidine rings is 1. The van der Waals surface area contributed by atoms with Crippen LogP contribution in [0.25, 0.3) is 0 Å². The number of nitrogens with zero attached hydrogens (tertiary/aromatic N) is 1. The molecular formula is C21H22FNO4. The van der Waals surface area contributed by atoms with Gasteiger partial charge < -0.3 is 14.4 Å². The Bertz CT molecular complexity index is 809. The van der Waals surface area contributed by atoms with E-state index in [4.69, 9.17) is 4.74 Å². The zero-order valence-electron chi connectivity index (χ0n) is 15.2. The number of carbonyl (C=O) groups is 2. The molecule has 1 saturated heterocycles. The highest BCUT2D eigenvalue weighted by Crippen LogP contribution is 2.32. The summed E-state index contributed by atoms with van der Waals surface area (Å²) in [7, 11) is 1.21. The molecule has 3 rings (SSSR count). The summed E-state index contributed by atoms with van der Waals surface area (Å²) in [5.41, 5.74) is 1.44. The lowest BCUT2D eigenvalue weighted by Gasteiger charge is -2.35. The highest BCUT2D eigenvalue weighted by molar-refractivity contribution is 5.89. The molecule has 2 aromatic rings. The summed E-state index contributed by atoms with van der Waals surface area (Å²) in [6, 6.07) is 13.6. The fraction of sp³-hybridized carbons (Fsp3) is 0.333. The first-order valence-electron chi connectivity index (χ1n) is 8.95. The number of hydrogen-bond acceptors (Lipinski definition) is 4. The van der Waals surface area contributed by atoms with Crippen LogP contribution in [0.1, 0.15) is 46.8 Å². The molecule has 1 aliphatic rings. The Hall–Kier alpha value is -2.89. The van der Waals surface area contributed by atoms with E-state index in [-0.39, 0.29) is 18.2 Å².